The monoisotopic (exact) mass is 254 g/mol. The Morgan fingerprint density at radius 2 is 2.06 bits per heavy atom. The van der Waals surface area contributed by atoms with Gasteiger partial charge in [0.05, 0.1) is 0 Å². The van der Waals surface area contributed by atoms with Crippen LogP contribution in [0.2, 0.25) is 0 Å². The summed E-state index contributed by atoms with van der Waals surface area (Å²) >= 11 is 0. The summed E-state index contributed by atoms with van der Waals surface area (Å²) in [5.41, 5.74) is 1.34. The van der Waals surface area contributed by atoms with Crippen molar-refractivity contribution in [3.8, 4) is 0 Å². The van der Waals surface area contributed by atoms with Crippen LogP contribution in [-0.4, -0.2) is 34.3 Å². The molecule has 2 aromatic rings. The zero-order valence-corrected chi connectivity index (χ0v) is 10.8. The number of nitrogens with zero attached hydrogens (tertiary/aromatic N) is 4. The molecule has 0 atom stereocenters. The summed E-state index contributed by atoms with van der Waals surface area (Å²) in [7, 11) is -3.38. The number of rotatable bonds is 3. The van der Waals surface area contributed by atoms with Crippen molar-refractivity contribution in [2.24, 2.45) is 0 Å². The van der Waals surface area contributed by atoms with Crippen LogP contribution in [-0.2, 0) is 16.3 Å². The van der Waals surface area contributed by atoms with Gasteiger partial charge in [-0.3, -0.25) is 0 Å². The van der Waals surface area contributed by atoms with E-state index in [9.17, 15) is 8.42 Å². The van der Waals surface area contributed by atoms with Gasteiger partial charge in [-0.25, -0.2) is 13.4 Å². The molecule has 0 spiro atoms. The maximum Gasteiger partial charge on any atom is 0.267 e. The largest absolute Gasteiger partial charge is 0.267 e. The quantitative estimate of drug-likeness (QED) is 0.809. The molecule has 92 valence electrons. The molecule has 0 aliphatic carbocycles. The molecule has 2 rings (SSSR count). The predicted molar refractivity (Wildman–Crippen MR) is 62.6 cm³/mol. The van der Waals surface area contributed by atoms with Gasteiger partial charge in [-0.2, -0.15) is 9.50 Å². The van der Waals surface area contributed by atoms with Crippen molar-refractivity contribution >= 4 is 15.5 Å². The first-order valence-electron chi connectivity index (χ1n) is 5.35. The molecule has 0 fully saturated rings. The standard InChI is InChI=1S/C10H14N4O2S/c1-4-5-8-11-7(2)6-9-12-10(13-14(8)9)17(3,15)16/h6H,4-5H2,1-3H3. The maximum absolute atomic E-state index is 11.4. The molecule has 0 bridgehead atoms. The van der Waals surface area contributed by atoms with E-state index < -0.39 is 9.84 Å². The van der Waals surface area contributed by atoms with Crippen LogP contribution in [0.3, 0.4) is 0 Å². The van der Waals surface area contributed by atoms with E-state index in [0.717, 1.165) is 30.6 Å². The summed E-state index contributed by atoms with van der Waals surface area (Å²) in [6, 6.07) is 1.72. The van der Waals surface area contributed by atoms with Gasteiger partial charge in [-0.05, 0) is 13.3 Å². The van der Waals surface area contributed by atoms with Crippen LogP contribution in [0.5, 0.6) is 0 Å². The average molecular weight is 254 g/mol. The van der Waals surface area contributed by atoms with E-state index in [-0.39, 0.29) is 5.16 Å². The van der Waals surface area contributed by atoms with Crippen LogP contribution >= 0.6 is 0 Å². The zero-order valence-electron chi connectivity index (χ0n) is 10.0. The fourth-order valence-electron chi connectivity index (χ4n) is 1.60. The third-order valence-corrected chi connectivity index (χ3v) is 3.14. The first kappa shape index (κ1) is 12.0. The van der Waals surface area contributed by atoms with Gasteiger partial charge in [0.1, 0.15) is 5.82 Å². The van der Waals surface area contributed by atoms with Crippen molar-refractivity contribution in [1.82, 2.24) is 19.6 Å². The number of hydrogen-bond donors (Lipinski definition) is 0. The summed E-state index contributed by atoms with van der Waals surface area (Å²) < 4.78 is 24.3. The second-order valence-corrected chi connectivity index (χ2v) is 5.91. The highest BCUT2D eigenvalue weighted by Crippen LogP contribution is 2.10. The number of fused-ring (bicyclic) bond motifs is 1. The molecule has 0 amide bonds. The minimum absolute atomic E-state index is 0.151. The number of aryl methyl sites for hydroxylation is 2. The molecule has 0 saturated carbocycles. The minimum Gasteiger partial charge on any atom is -0.238 e. The Kier molecular flexibility index (Phi) is 2.86. The molecule has 0 aromatic carbocycles. The fourth-order valence-corrected chi connectivity index (χ4v) is 2.09. The van der Waals surface area contributed by atoms with E-state index in [0.29, 0.717) is 5.65 Å². The average Bonchev–Trinajstić information content (AvgIpc) is 2.61. The third-order valence-electron chi connectivity index (χ3n) is 2.31. The molecule has 0 radical (unpaired) electrons. The Morgan fingerprint density at radius 1 is 1.35 bits per heavy atom. The van der Waals surface area contributed by atoms with Crippen molar-refractivity contribution in [3.05, 3.63) is 17.6 Å². The minimum atomic E-state index is -3.38. The van der Waals surface area contributed by atoms with E-state index in [2.05, 4.69) is 15.1 Å². The summed E-state index contributed by atoms with van der Waals surface area (Å²) in [5.74, 6) is 0.741. The smallest absolute Gasteiger partial charge is 0.238 e. The maximum atomic E-state index is 11.4. The lowest BCUT2D eigenvalue weighted by Crippen LogP contribution is -2.05. The third kappa shape index (κ3) is 2.28. The van der Waals surface area contributed by atoms with E-state index >= 15 is 0 Å². The molecule has 2 aromatic heterocycles. The van der Waals surface area contributed by atoms with Crippen LogP contribution in [0, 0.1) is 6.92 Å². The highest BCUT2D eigenvalue weighted by molar-refractivity contribution is 7.90. The van der Waals surface area contributed by atoms with E-state index in [1.54, 1.807) is 6.07 Å². The van der Waals surface area contributed by atoms with Gasteiger partial charge in [0, 0.05) is 24.4 Å². The molecule has 17 heavy (non-hydrogen) atoms. The fraction of sp³-hybridized carbons (Fsp3) is 0.500. The summed E-state index contributed by atoms with van der Waals surface area (Å²) in [6.45, 7) is 3.89. The Bertz CT molecular complexity index is 660. The predicted octanol–water partition coefficient (Wildman–Crippen LogP) is 0.789. The Morgan fingerprint density at radius 3 is 2.65 bits per heavy atom. The second kappa shape index (κ2) is 4.06. The van der Waals surface area contributed by atoms with Crippen molar-refractivity contribution in [3.63, 3.8) is 0 Å². The lowest BCUT2D eigenvalue weighted by molar-refractivity contribution is 0.592. The van der Waals surface area contributed by atoms with Crippen LogP contribution in [0.4, 0.5) is 0 Å². The normalized spacial score (nSPS) is 12.2. The van der Waals surface area contributed by atoms with E-state index in [1.165, 1.54) is 4.52 Å². The molecule has 0 aliphatic rings. The number of hydrogen-bond acceptors (Lipinski definition) is 5. The van der Waals surface area contributed by atoms with Crippen molar-refractivity contribution in [2.75, 3.05) is 6.26 Å². The lowest BCUT2D eigenvalue weighted by Gasteiger charge is -2.02. The second-order valence-electron chi connectivity index (χ2n) is 4.00. The highest BCUT2D eigenvalue weighted by Gasteiger charge is 2.16. The lowest BCUT2D eigenvalue weighted by atomic mass is 10.3. The molecular weight excluding hydrogens is 240 g/mol. The molecule has 0 unspecified atom stereocenters. The summed E-state index contributed by atoms with van der Waals surface area (Å²) in [6.07, 6.45) is 2.76. The molecular formula is C10H14N4O2S. The van der Waals surface area contributed by atoms with Crippen molar-refractivity contribution in [1.29, 1.82) is 0 Å². The Balaban J connectivity index is 2.71. The first-order valence-corrected chi connectivity index (χ1v) is 7.24. The molecule has 2 heterocycles. The van der Waals surface area contributed by atoms with Crippen LogP contribution < -0.4 is 0 Å². The zero-order chi connectivity index (χ0) is 12.6. The van der Waals surface area contributed by atoms with E-state index in [1.807, 2.05) is 13.8 Å². The van der Waals surface area contributed by atoms with E-state index in [4.69, 9.17) is 0 Å². The van der Waals surface area contributed by atoms with Crippen LogP contribution in [0.15, 0.2) is 11.2 Å². The van der Waals surface area contributed by atoms with Gasteiger partial charge in [0.15, 0.2) is 5.65 Å². The molecule has 6 nitrogen and oxygen atoms in total. The molecule has 0 N–H and O–H groups in total. The summed E-state index contributed by atoms with van der Waals surface area (Å²) in [5, 5.41) is 3.85. The summed E-state index contributed by atoms with van der Waals surface area (Å²) in [4.78, 5) is 8.36. The Hall–Kier alpha value is -1.50. The first-order chi connectivity index (χ1) is 7.91. The van der Waals surface area contributed by atoms with Gasteiger partial charge in [0.25, 0.3) is 5.16 Å². The number of sulfone groups is 1. The topological polar surface area (TPSA) is 77.2 Å². The van der Waals surface area contributed by atoms with Gasteiger partial charge >= 0.3 is 0 Å². The number of aromatic nitrogens is 4. The Labute approximate surface area is 99.6 Å². The molecule has 7 heteroatoms. The molecule has 0 saturated heterocycles. The SMILES string of the molecule is CCCc1nc(C)cc2nc(S(C)(=O)=O)nn12. The van der Waals surface area contributed by atoms with Gasteiger partial charge in [-0.15, -0.1) is 5.10 Å². The van der Waals surface area contributed by atoms with Crippen molar-refractivity contribution < 1.29 is 8.42 Å². The molecule has 0 aliphatic heterocycles. The van der Waals surface area contributed by atoms with Gasteiger partial charge in [0.2, 0.25) is 9.84 Å². The van der Waals surface area contributed by atoms with Gasteiger partial charge in [-0.1, -0.05) is 6.92 Å². The van der Waals surface area contributed by atoms with Gasteiger partial charge < -0.3 is 0 Å². The van der Waals surface area contributed by atoms with Crippen molar-refractivity contribution in [2.45, 2.75) is 31.8 Å². The van der Waals surface area contributed by atoms with Crippen LogP contribution in [0.25, 0.3) is 5.65 Å². The highest BCUT2D eigenvalue weighted by atomic mass is 32.2. The van der Waals surface area contributed by atoms with Crippen LogP contribution in [0.1, 0.15) is 24.9 Å².